The Morgan fingerprint density at radius 3 is 2.86 bits per heavy atom. The summed E-state index contributed by atoms with van der Waals surface area (Å²) in [4.78, 5) is 4.05. The van der Waals surface area contributed by atoms with Gasteiger partial charge >= 0.3 is 0 Å². The van der Waals surface area contributed by atoms with E-state index in [0.717, 1.165) is 0 Å². The Bertz CT molecular complexity index is 620. The van der Waals surface area contributed by atoms with Crippen LogP contribution in [0.2, 0.25) is 5.02 Å². The molecular weight excluding hydrogens is 421 g/mol. The number of ether oxygens (including phenoxy) is 1. The summed E-state index contributed by atoms with van der Waals surface area (Å²) < 4.78 is 10.1. The number of anilines is 1. The minimum Gasteiger partial charge on any atom is -0.495 e. The van der Waals surface area contributed by atoms with Gasteiger partial charge in [-0.05, 0) is 30.3 Å². The first-order chi connectivity index (χ1) is 10.1. The zero-order valence-electron chi connectivity index (χ0n) is 11.8. The number of methoxy groups -OCH3 is 1. The monoisotopic (exact) mass is 437 g/mol. The zero-order chi connectivity index (χ0) is 15.2. The summed E-state index contributed by atoms with van der Waals surface area (Å²) >= 11 is 6.01. The van der Waals surface area contributed by atoms with E-state index >= 15 is 0 Å². The zero-order valence-corrected chi connectivity index (χ0v) is 14.9. The number of guanidine groups is 1. The Morgan fingerprint density at radius 2 is 2.27 bits per heavy atom. The Hall–Kier alpha value is -1.45. The first-order valence-electron chi connectivity index (χ1n) is 6.22. The van der Waals surface area contributed by atoms with Crippen LogP contribution in [-0.4, -0.2) is 24.7 Å². The second-order valence-electron chi connectivity index (χ2n) is 4.23. The topological polar surface area (TPSA) is 93.0 Å². The minimum atomic E-state index is -0.834. The number of rotatable bonds is 5. The number of aliphatic imine (C=N–C) groups is 1. The molecule has 1 atom stereocenters. The number of furan rings is 1. The highest BCUT2D eigenvalue weighted by Gasteiger charge is 2.09. The molecule has 0 saturated heterocycles. The molecule has 0 aliphatic carbocycles. The van der Waals surface area contributed by atoms with Gasteiger partial charge in [-0.3, -0.25) is 0 Å². The number of aliphatic hydroxyl groups is 1. The van der Waals surface area contributed by atoms with Gasteiger partial charge in [0.1, 0.15) is 17.6 Å². The third-order valence-corrected chi connectivity index (χ3v) is 3.03. The third kappa shape index (κ3) is 5.08. The lowest BCUT2D eigenvalue weighted by molar-refractivity contribution is 0.158. The molecule has 0 amide bonds. The van der Waals surface area contributed by atoms with E-state index < -0.39 is 6.10 Å². The van der Waals surface area contributed by atoms with Crippen LogP contribution in [0.4, 0.5) is 5.69 Å². The Labute approximate surface area is 150 Å². The van der Waals surface area contributed by atoms with Gasteiger partial charge in [-0.1, -0.05) is 11.6 Å². The van der Waals surface area contributed by atoms with Crippen LogP contribution >= 0.6 is 35.6 Å². The number of nitrogens with zero attached hydrogens (tertiary/aromatic N) is 1. The maximum Gasteiger partial charge on any atom is 0.193 e. The summed E-state index contributed by atoms with van der Waals surface area (Å²) in [5.41, 5.74) is 6.43. The van der Waals surface area contributed by atoms with Crippen molar-refractivity contribution in [3.8, 4) is 5.75 Å². The number of benzene rings is 1. The molecule has 4 N–H and O–H groups in total. The molecule has 0 aliphatic heterocycles. The van der Waals surface area contributed by atoms with E-state index in [0.29, 0.717) is 22.2 Å². The van der Waals surface area contributed by atoms with Crippen molar-refractivity contribution in [2.24, 2.45) is 10.7 Å². The lowest BCUT2D eigenvalue weighted by Crippen LogP contribution is -2.23. The number of halogens is 2. The van der Waals surface area contributed by atoms with Crippen molar-refractivity contribution in [1.29, 1.82) is 0 Å². The van der Waals surface area contributed by atoms with Gasteiger partial charge in [0.15, 0.2) is 5.96 Å². The van der Waals surface area contributed by atoms with Crippen molar-refractivity contribution >= 4 is 47.2 Å². The molecule has 1 unspecified atom stereocenters. The number of aliphatic hydroxyl groups excluding tert-OH is 1. The fourth-order valence-corrected chi connectivity index (χ4v) is 1.94. The van der Waals surface area contributed by atoms with E-state index in [1.54, 1.807) is 37.4 Å². The normalized spacial score (nSPS) is 12.4. The second kappa shape index (κ2) is 8.86. The van der Waals surface area contributed by atoms with Crippen molar-refractivity contribution < 1.29 is 14.3 Å². The van der Waals surface area contributed by atoms with Gasteiger partial charge in [-0.25, -0.2) is 4.99 Å². The van der Waals surface area contributed by atoms with Crippen LogP contribution in [0.15, 0.2) is 46.0 Å². The van der Waals surface area contributed by atoms with Crippen LogP contribution in [0.25, 0.3) is 0 Å². The number of hydrogen-bond donors (Lipinski definition) is 3. The first kappa shape index (κ1) is 18.6. The number of nitrogens with two attached hydrogens (primary N) is 1. The molecule has 0 saturated carbocycles. The fraction of sp³-hybridized carbons (Fsp3) is 0.214. The lowest BCUT2D eigenvalue weighted by atomic mass is 10.3. The average molecular weight is 438 g/mol. The molecule has 1 aromatic heterocycles. The smallest absolute Gasteiger partial charge is 0.193 e. The van der Waals surface area contributed by atoms with Crippen molar-refractivity contribution in [2.75, 3.05) is 19.0 Å². The summed E-state index contributed by atoms with van der Waals surface area (Å²) in [6, 6.07) is 8.52. The molecule has 2 rings (SSSR count). The van der Waals surface area contributed by atoms with E-state index in [1.165, 1.54) is 6.26 Å². The Balaban J connectivity index is 0.00000242. The van der Waals surface area contributed by atoms with Crippen LogP contribution in [0.1, 0.15) is 11.9 Å². The number of hydrogen-bond acceptors (Lipinski definition) is 4. The van der Waals surface area contributed by atoms with Gasteiger partial charge in [0, 0.05) is 5.69 Å². The summed E-state index contributed by atoms with van der Waals surface area (Å²) in [5, 5.41) is 13.2. The third-order valence-electron chi connectivity index (χ3n) is 2.73. The molecule has 6 nitrogen and oxygen atoms in total. The predicted octanol–water partition coefficient (Wildman–Crippen LogP) is 3.02. The van der Waals surface area contributed by atoms with Crippen molar-refractivity contribution in [3.63, 3.8) is 0 Å². The van der Waals surface area contributed by atoms with Crippen LogP contribution in [0.5, 0.6) is 5.75 Å². The Morgan fingerprint density at radius 1 is 1.50 bits per heavy atom. The summed E-state index contributed by atoms with van der Waals surface area (Å²) in [7, 11) is 1.54. The van der Waals surface area contributed by atoms with Crippen molar-refractivity contribution in [2.45, 2.75) is 6.10 Å². The molecule has 2 aromatic rings. The van der Waals surface area contributed by atoms with Crippen LogP contribution in [0.3, 0.4) is 0 Å². The summed E-state index contributed by atoms with van der Waals surface area (Å²) in [6.45, 7) is 0.0935. The van der Waals surface area contributed by atoms with Crippen molar-refractivity contribution in [1.82, 2.24) is 0 Å². The van der Waals surface area contributed by atoms with Gasteiger partial charge in [-0.2, -0.15) is 0 Å². The van der Waals surface area contributed by atoms with Gasteiger partial charge in [0.05, 0.1) is 24.9 Å². The van der Waals surface area contributed by atoms with E-state index in [2.05, 4.69) is 10.3 Å². The highest BCUT2D eigenvalue weighted by atomic mass is 127. The fourth-order valence-electron chi connectivity index (χ4n) is 1.69. The molecular formula is C14H17ClIN3O3. The van der Waals surface area contributed by atoms with Crippen LogP contribution in [-0.2, 0) is 0 Å². The van der Waals surface area contributed by atoms with E-state index in [1.807, 2.05) is 0 Å². The molecule has 0 bridgehead atoms. The molecule has 22 heavy (non-hydrogen) atoms. The SMILES string of the molecule is COc1ccc(NC(N)=NCC(O)c2ccco2)cc1Cl.I. The van der Waals surface area contributed by atoms with Crippen LogP contribution < -0.4 is 15.8 Å². The molecule has 0 spiro atoms. The molecule has 8 heteroatoms. The average Bonchev–Trinajstić information content (AvgIpc) is 2.99. The highest BCUT2D eigenvalue weighted by molar-refractivity contribution is 14.0. The van der Waals surface area contributed by atoms with E-state index in [9.17, 15) is 5.11 Å². The number of nitrogens with one attached hydrogen (secondary N) is 1. The minimum absolute atomic E-state index is 0. The van der Waals surface area contributed by atoms with Gasteiger partial charge in [0.25, 0.3) is 0 Å². The Kier molecular flexibility index (Phi) is 7.49. The maximum atomic E-state index is 9.81. The standard InChI is InChI=1S/C14H16ClN3O3.HI/c1-20-12-5-4-9(7-10(12)15)18-14(16)17-8-11(19)13-3-2-6-21-13;/h2-7,11,19H,8H2,1H3,(H3,16,17,18);1H. The second-order valence-corrected chi connectivity index (χ2v) is 4.64. The van der Waals surface area contributed by atoms with Gasteiger partial charge < -0.3 is 25.3 Å². The molecule has 1 heterocycles. The molecule has 0 fully saturated rings. The molecule has 1 aromatic carbocycles. The van der Waals surface area contributed by atoms with E-state index in [-0.39, 0.29) is 36.5 Å². The molecule has 120 valence electrons. The summed E-state index contributed by atoms with van der Waals surface area (Å²) in [6.07, 6.45) is 0.656. The first-order valence-corrected chi connectivity index (χ1v) is 6.60. The van der Waals surface area contributed by atoms with Crippen LogP contribution in [0, 0.1) is 0 Å². The van der Waals surface area contributed by atoms with Gasteiger partial charge in [0.2, 0.25) is 0 Å². The van der Waals surface area contributed by atoms with Gasteiger partial charge in [-0.15, -0.1) is 24.0 Å². The van der Waals surface area contributed by atoms with Crippen molar-refractivity contribution in [3.05, 3.63) is 47.4 Å². The molecule has 0 radical (unpaired) electrons. The highest BCUT2D eigenvalue weighted by Crippen LogP contribution is 2.27. The van der Waals surface area contributed by atoms with E-state index in [4.69, 9.17) is 26.5 Å². The maximum absolute atomic E-state index is 9.81. The lowest BCUT2D eigenvalue weighted by Gasteiger charge is -2.09. The quantitative estimate of drug-likeness (QED) is 0.380. The molecule has 0 aliphatic rings. The predicted molar refractivity (Wildman–Crippen MR) is 97.2 cm³/mol. The summed E-state index contributed by atoms with van der Waals surface area (Å²) in [5.74, 6) is 1.19. The largest absolute Gasteiger partial charge is 0.495 e.